The highest BCUT2D eigenvalue weighted by molar-refractivity contribution is 7.89. The molecule has 28 heavy (non-hydrogen) atoms. The molecule has 1 heterocycles. The van der Waals surface area contributed by atoms with E-state index in [0.717, 1.165) is 0 Å². The molecular formula is C18H18Cl2FN3O3S. The Hall–Kier alpha value is -1.87. The van der Waals surface area contributed by atoms with Crippen molar-refractivity contribution in [2.24, 2.45) is 0 Å². The Morgan fingerprint density at radius 3 is 2.36 bits per heavy atom. The minimum absolute atomic E-state index is 0.0550. The molecule has 0 spiro atoms. The van der Waals surface area contributed by atoms with Gasteiger partial charge in [-0.1, -0.05) is 41.4 Å². The number of rotatable bonds is 4. The van der Waals surface area contributed by atoms with Crippen LogP contribution >= 0.6 is 23.2 Å². The smallest absolute Gasteiger partial charge is 0.317 e. The molecule has 0 aromatic heterocycles. The molecule has 0 radical (unpaired) electrons. The Kier molecular flexibility index (Phi) is 6.44. The minimum Gasteiger partial charge on any atom is -0.334 e. The van der Waals surface area contributed by atoms with Gasteiger partial charge in [-0.3, -0.25) is 0 Å². The third-order valence-electron chi connectivity index (χ3n) is 4.44. The molecule has 1 aliphatic rings. The van der Waals surface area contributed by atoms with Crippen LogP contribution in [-0.4, -0.2) is 49.8 Å². The summed E-state index contributed by atoms with van der Waals surface area (Å²) in [5.41, 5.74) is 0.386. The maximum atomic E-state index is 13.6. The van der Waals surface area contributed by atoms with Gasteiger partial charge in [-0.05, 0) is 24.3 Å². The number of urea groups is 1. The van der Waals surface area contributed by atoms with Gasteiger partial charge in [0.1, 0.15) is 5.82 Å². The van der Waals surface area contributed by atoms with Crippen molar-refractivity contribution >= 4 is 39.3 Å². The zero-order valence-electron chi connectivity index (χ0n) is 14.7. The molecule has 2 aromatic rings. The molecule has 10 heteroatoms. The van der Waals surface area contributed by atoms with E-state index in [1.165, 1.54) is 33.5 Å². The van der Waals surface area contributed by atoms with Crippen LogP contribution in [0.2, 0.25) is 10.0 Å². The van der Waals surface area contributed by atoms with E-state index in [1.54, 1.807) is 18.2 Å². The van der Waals surface area contributed by atoms with Crippen molar-refractivity contribution in [3.05, 3.63) is 63.9 Å². The second kappa shape index (κ2) is 8.65. The molecule has 2 amide bonds. The first-order valence-electron chi connectivity index (χ1n) is 8.50. The third-order valence-corrected chi connectivity index (χ3v) is 7.08. The number of carbonyl (C=O) groups excluding carboxylic acids is 1. The van der Waals surface area contributed by atoms with Gasteiger partial charge in [0.15, 0.2) is 0 Å². The summed E-state index contributed by atoms with van der Waals surface area (Å²) < 4.78 is 40.4. The van der Waals surface area contributed by atoms with E-state index in [0.29, 0.717) is 5.56 Å². The van der Waals surface area contributed by atoms with Crippen LogP contribution in [0.15, 0.2) is 47.4 Å². The van der Waals surface area contributed by atoms with Crippen molar-refractivity contribution < 1.29 is 17.6 Å². The van der Waals surface area contributed by atoms with E-state index in [2.05, 4.69) is 5.32 Å². The number of nitrogens with zero attached hydrogens (tertiary/aromatic N) is 2. The van der Waals surface area contributed by atoms with Crippen molar-refractivity contribution in [1.82, 2.24) is 14.5 Å². The Balaban J connectivity index is 1.58. The second-order valence-corrected chi connectivity index (χ2v) is 8.97. The fourth-order valence-electron chi connectivity index (χ4n) is 2.84. The molecule has 6 nitrogen and oxygen atoms in total. The monoisotopic (exact) mass is 445 g/mol. The van der Waals surface area contributed by atoms with Crippen molar-refractivity contribution in [3.8, 4) is 0 Å². The standard InChI is InChI=1S/C18H18Cl2FN3O3S/c19-15-6-5-14(11-16(15)20)28(26,27)24-9-7-23(8-10-24)18(25)22-12-13-3-1-2-4-17(13)21/h1-6,11H,7-10,12H2,(H,22,25). The first kappa shape index (κ1) is 20.9. The molecule has 1 fully saturated rings. The van der Waals surface area contributed by atoms with Crippen LogP contribution in [0.25, 0.3) is 0 Å². The maximum absolute atomic E-state index is 13.6. The van der Waals surface area contributed by atoms with Crippen LogP contribution in [0.5, 0.6) is 0 Å². The zero-order chi connectivity index (χ0) is 20.3. The molecular weight excluding hydrogens is 428 g/mol. The largest absolute Gasteiger partial charge is 0.334 e. The van der Waals surface area contributed by atoms with Gasteiger partial charge in [0.25, 0.3) is 0 Å². The van der Waals surface area contributed by atoms with Gasteiger partial charge >= 0.3 is 6.03 Å². The maximum Gasteiger partial charge on any atom is 0.317 e. The average Bonchev–Trinajstić information content (AvgIpc) is 2.69. The fraction of sp³-hybridized carbons (Fsp3) is 0.278. The number of carbonyl (C=O) groups is 1. The van der Waals surface area contributed by atoms with Crippen LogP contribution in [0.4, 0.5) is 9.18 Å². The first-order valence-corrected chi connectivity index (χ1v) is 10.7. The van der Waals surface area contributed by atoms with Gasteiger partial charge in [-0.25, -0.2) is 17.6 Å². The van der Waals surface area contributed by atoms with Gasteiger partial charge in [0.2, 0.25) is 10.0 Å². The number of piperazine rings is 1. The van der Waals surface area contributed by atoms with Gasteiger partial charge in [0, 0.05) is 38.3 Å². The van der Waals surface area contributed by atoms with E-state index < -0.39 is 10.0 Å². The summed E-state index contributed by atoms with van der Waals surface area (Å²) in [4.78, 5) is 13.8. The molecule has 0 saturated carbocycles. The van der Waals surface area contributed by atoms with Crippen LogP contribution in [0.1, 0.15) is 5.56 Å². The lowest BCUT2D eigenvalue weighted by Gasteiger charge is -2.34. The Bertz CT molecular complexity index is 980. The number of amides is 2. The van der Waals surface area contributed by atoms with Crippen LogP contribution in [0, 0.1) is 5.82 Å². The molecule has 1 saturated heterocycles. The van der Waals surface area contributed by atoms with E-state index in [-0.39, 0.29) is 59.5 Å². The van der Waals surface area contributed by atoms with Crippen molar-refractivity contribution in [2.75, 3.05) is 26.2 Å². The van der Waals surface area contributed by atoms with Gasteiger partial charge in [-0.15, -0.1) is 0 Å². The van der Waals surface area contributed by atoms with E-state index >= 15 is 0 Å². The normalized spacial score (nSPS) is 15.5. The third kappa shape index (κ3) is 4.57. The average molecular weight is 446 g/mol. The number of hydrogen-bond donors (Lipinski definition) is 1. The highest BCUT2D eigenvalue weighted by atomic mass is 35.5. The fourth-order valence-corrected chi connectivity index (χ4v) is 4.65. The molecule has 2 aromatic carbocycles. The van der Waals surface area contributed by atoms with Crippen molar-refractivity contribution in [1.29, 1.82) is 0 Å². The quantitative estimate of drug-likeness (QED) is 0.784. The lowest BCUT2D eigenvalue weighted by Crippen LogP contribution is -2.53. The number of halogens is 3. The SMILES string of the molecule is O=C(NCc1ccccc1F)N1CCN(S(=O)(=O)c2ccc(Cl)c(Cl)c2)CC1. The molecule has 1 aliphatic heterocycles. The molecule has 0 unspecified atom stereocenters. The van der Waals surface area contributed by atoms with E-state index in [9.17, 15) is 17.6 Å². The summed E-state index contributed by atoms with van der Waals surface area (Å²) in [6.45, 7) is 0.812. The summed E-state index contributed by atoms with van der Waals surface area (Å²) in [6, 6.07) is 9.97. The molecule has 150 valence electrons. The number of benzene rings is 2. The predicted molar refractivity (Wildman–Crippen MR) is 105 cm³/mol. The first-order chi connectivity index (χ1) is 13.3. The van der Waals surface area contributed by atoms with Crippen LogP contribution in [0.3, 0.4) is 0 Å². The summed E-state index contributed by atoms with van der Waals surface area (Å²) in [6.07, 6.45) is 0. The topological polar surface area (TPSA) is 69.7 Å². The van der Waals surface area contributed by atoms with Crippen LogP contribution in [-0.2, 0) is 16.6 Å². The summed E-state index contributed by atoms with van der Waals surface area (Å²) >= 11 is 11.8. The molecule has 0 aliphatic carbocycles. The summed E-state index contributed by atoms with van der Waals surface area (Å²) in [5.74, 6) is -0.389. The minimum atomic E-state index is -3.73. The summed E-state index contributed by atoms with van der Waals surface area (Å²) in [5, 5.41) is 3.09. The van der Waals surface area contributed by atoms with Crippen molar-refractivity contribution in [3.63, 3.8) is 0 Å². The lowest BCUT2D eigenvalue weighted by atomic mass is 10.2. The highest BCUT2D eigenvalue weighted by Crippen LogP contribution is 2.27. The lowest BCUT2D eigenvalue weighted by molar-refractivity contribution is 0.172. The van der Waals surface area contributed by atoms with Crippen molar-refractivity contribution in [2.45, 2.75) is 11.4 Å². The number of hydrogen-bond acceptors (Lipinski definition) is 3. The van der Waals surface area contributed by atoms with Crippen LogP contribution < -0.4 is 5.32 Å². The molecule has 0 bridgehead atoms. The van der Waals surface area contributed by atoms with Gasteiger partial charge in [-0.2, -0.15) is 4.31 Å². The van der Waals surface area contributed by atoms with E-state index in [4.69, 9.17) is 23.2 Å². The molecule has 3 rings (SSSR count). The Morgan fingerprint density at radius 1 is 1.04 bits per heavy atom. The molecule has 0 atom stereocenters. The van der Waals surface area contributed by atoms with Gasteiger partial charge in [0.05, 0.1) is 14.9 Å². The second-order valence-electron chi connectivity index (χ2n) is 6.22. The molecule has 1 N–H and O–H groups in total. The number of sulfonamides is 1. The Labute approximate surface area is 172 Å². The summed E-state index contributed by atoms with van der Waals surface area (Å²) in [7, 11) is -3.73. The number of nitrogens with one attached hydrogen (secondary N) is 1. The zero-order valence-corrected chi connectivity index (χ0v) is 17.1. The van der Waals surface area contributed by atoms with Gasteiger partial charge < -0.3 is 10.2 Å². The highest BCUT2D eigenvalue weighted by Gasteiger charge is 2.30. The Morgan fingerprint density at radius 2 is 1.71 bits per heavy atom. The predicted octanol–water partition coefficient (Wildman–Crippen LogP) is 3.35. The van der Waals surface area contributed by atoms with E-state index in [1.807, 2.05) is 0 Å².